The van der Waals surface area contributed by atoms with Crippen molar-refractivity contribution >= 4 is 116 Å². The molecule has 147 heavy (non-hydrogen) atoms. The molecule has 8 aromatic rings. The highest BCUT2D eigenvalue weighted by atomic mass is 16.4. The number of aromatic hydroxyl groups is 1. The van der Waals surface area contributed by atoms with Gasteiger partial charge in [-0.3, -0.25) is 77.2 Å². The first-order valence-corrected chi connectivity index (χ1v) is 49.6. The van der Waals surface area contributed by atoms with Gasteiger partial charge in [-0.2, -0.15) is 0 Å². The number of rotatable bonds is 59. The lowest BCUT2D eigenvalue weighted by Crippen LogP contribution is -2.64. The van der Waals surface area contributed by atoms with Crippen LogP contribution in [0, 0.1) is 29.6 Å². The Hall–Kier alpha value is -14.5. The average Bonchev–Trinajstić information content (AvgIpc) is 1.70. The molecule has 3 aromatic heterocycles. The Balaban J connectivity index is 0.975. The van der Waals surface area contributed by atoms with Gasteiger partial charge in [-0.1, -0.05) is 178 Å². The second kappa shape index (κ2) is 57.4. The summed E-state index contributed by atoms with van der Waals surface area (Å²) in [6.07, 6.45) is 0.912. The third-order valence-electron chi connectivity index (χ3n) is 24.9. The van der Waals surface area contributed by atoms with Crippen molar-refractivity contribution < 1.29 is 102 Å². The number of imidazole rings is 1. The van der Waals surface area contributed by atoms with Crippen LogP contribution in [0.4, 0.5) is 0 Å². The molecular weight excluding hydrogens is 1890 g/mol. The highest BCUT2D eigenvalue weighted by Crippen LogP contribution is 2.24. The first-order valence-electron chi connectivity index (χ1n) is 49.6. The number of aromatic amines is 3. The topological polar surface area (TPSA) is 679 Å². The van der Waals surface area contributed by atoms with Crippen LogP contribution in [0.2, 0.25) is 0 Å². The number of fused-ring (bicyclic) bond motifs is 2. The molecule has 798 valence electrons. The summed E-state index contributed by atoms with van der Waals surface area (Å²) >= 11 is 0. The molecule has 43 heteroatoms. The highest BCUT2D eigenvalue weighted by molar-refractivity contribution is 6.01. The lowest BCUT2D eigenvalue weighted by molar-refractivity contribution is -0.142. The van der Waals surface area contributed by atoms with Gasteiger partial charge in [-0.05, 0) is 148 Å². The van der Waals surface area contributed by atoms with Gasteiger partial charge in [0.1, 0.15) is 90.3 Å². The van der Waals surface area contributed by atoms with Crippen LogP contribution in [0.5, 0.6) is 5.75 Å². The van der Waals surface area contributed by atoms with Gasteiger partial charge in [0, 0.05) is 84.6 Å². The van der Waals surface area contributed by atoms with Gasteiger partial charge in [0.2, 0.25) is 88.6 Å². The van der Waals surface area contributed by atoms with Crippen LogP contribution >= 0.6 is 0 Å². The van der Waals surface area contributed by atoms with E-state index in [2.05, 4.69) is 105 Å². The first-order chi connectivity index (χ1) is 69.7. The maximum Gasteiger partial charge on any atom is 0.326 e. The number of aliphatic hydroxyl groups excluding tert-OH is 3. The molecule has 0 aliphatic carbocycles. The number of carbonyl (C=O) groups excluding carboxylic acids is 15. The molecule has 0 saturated carbocycles. The molecule has 0 aliphatic rings. The number of para-hydroxylation sites is 2. The molecule has 43 nitrogen and oxygen atoms in total. The number of phenolic OH excluding ortho intramolecular Hbond substituents is 1. The normalized spacial score (nSPS) is 15.4. The van der Waals surface area contributed by atoms with Crippen molar-refractivity contribution in [1.82, 2.24) is 105 Å². The van der Waals surface area contributed by atoms with Gasteiger partial charge in [-0.25, -0.2) is 9.78 Å². The molecule has 15 amide bonds. The van der Waals surface area contributed by atoms with E-state index in [1.54, 1.807) is 153 Å². The minimum absolute atomic E-state index is 0.00553. The molecule has 0 bridgehead atoms. The van der Waals surface area contributed by atoms with Gasteiger partial charge in [-0.15, -0.1) is 0 Å². The number of carboxylic acid groups (broad SMARTS) is 1. The number of aromatic nitrogens is 4. The van der Waals surface area contributed by atoms with Crippen LogP contribution in [-0.2, 0) is 115 Å². The number of hydrogen-bond donors (Lipinski definition) is 26. The number of nitrogens with zero attached hydrogens (tertiary/aromatic N) is 1. The summed E-state index contributed by atoms with van der Waals surface area (Å²) in [5.41, 5.74) is 16.4. The smallest absolute Gasteiger partial charge is 0.326 e. The zero-order valence-corrected chi connectivity index (χ0v) is 85.4. The molecule has 3 heterocycles. The number of unbranched alkanes of at least 4 members (excludes halogenated alkanes) is 1. The number of hydrogen-bond acceptors (Lipinski definition) is 24. The molecule has 0 spiro atoms. The van der Waals surface area contributed by atoms with E-state index in [9.17, 15) is 97.5 Å². The third-order valence-corrected chi connectivity index (χ3v) is 24.9. The number of aliphatic hydroxyl groups is 3. The Morgan fingerprint density at radius 2 is 0.707 bits per heavy atom. The summed E-state index contributed by atoms with van der Waals surface area (Å²) in [4.78, 5) is 244. The minimum atomic E-state index is -1.98. The van der Waals surface area contributed by atoms with Crippen LogP contribution in [0.3, 0.4) is 0 Å². The lowest BCUT2D eigenvalue weighted by atomic mass is 9.98. The maximum absolute atomic E-state index is 15.3. The summed E-state index contributed by atoms with van der Waals surface area (Å²) in [5.74, 6) is -17.1. The zero-order chi connectivity index (χ0) is 108. The summed E-state index contributed by atoms with van der Waals surface area (Å²) in [5, 5.41) is 97.9. The Bertz CT molecular complexity index is 5720. The number of amides is 15. The van der Waals surface area contributed by atoms with Crippen molar-refractivity contribution in [2.75, 3.05) is 13.2 Å². The number of carboxylic acids is 1. The lowest BCUT2D eigenvalue weighted by Gasteiger charge is -2.33. The standard InChI is InChI=1S/C104H146N22O21/c1-54(2)41-75(113-88(58(9)10)126-101(143)85(57(7)8)123-97(139)78(44-64-29-19-16-20-30-64)116-95(137)80(119-100(142)84(106)56(5)6)47-67-50-109-73-34-24-22-32-71(67)73)96(138)124-86(61(13)128)102(144)120-76(45-65-36-38-69(130)39-37-65)92(134)112-59(11)89(131)115-79(46-66-49-108-72-33-23-21-31-70(66)72)94(136)118-81(48-68-51-107-53-110-68)98(140)125-87(62(14)129)103(145)122-83(52-127)99(141)117-77(43-63-27-17-15-18-28-63)93(135)114-74(35-25-26-40-105)91(133)111-60(12)90(132)121-82(104(146)147)42-55(3)4/h15-24,27-34,36-39,49-51,53-62,74-88,108-109,113,127-130H,25-26,35,40-48,52,105-106H2,1-14H3,(H,107,110)(H,111,133)(H,112,134)(H,114,135)(H,115,131)(H,116,137)(H,117,141)(H,118,136)(H,119,142)(H,120,144)(H,121,132)(H,122,145)(H,123,139)(H,124,138)(H,125,140)(H,126,143)(H,146,147)/t59-,60-,61+,62+,74-,75-,76-,77-,78+,79-,80+,81-,82-,83-,84+,85+,86-,87-,88+/m0/s1. The van der Waals surface area contributed by atoms with Crippen molar-refractivity contribution in [3.63, 3.8) is 0 Å². The van der Waals surface area contributed by atoms with E-state index in [1.165, 1.54) is 57.6 Å². The van der Waals surface area contributed by atoms with Crippen LogP contribution in [0.25, 0.3) is 21.8 Å². The molecule has 19 atom stereocenters. The predicted octanol–water partition coefficient (Wildman–Crippen LogP) is 0.416. The fraction of sp³-hybridized carbons (Fsp3) is 0.490. The van der Waals surface area contributed by atoms with E-state index < -0.39 is 234 Å². The highest BCUT2D eigenvalue weighted by Gasteiger charge is 2.42. The molecule has 0 saturated heterocycles. The summed E-state index contributed by atoms with van der Waals surface area (Å²) < 4.78 is 0. The van der Waals surface area contributed by atoms with Crippen molar-refractivity contribution in [3.8, 4) is 5.75 Å². The van der Waals surface area contributed by atoms with Crippen molar-refractivity contribution in [1.29, 1.82) is 0 Å². The van der Waals surface area contributed by atoms with Crippen LogP contribution in [0.1, 0.15) is 163 Å². The van der Waals surface area contributed by atoms with E-state index >= 15 is 4.79 Å². The SMILES string of the molecule is CC(C)C[C@H](NC(=O)[C@H](C)NC(=O)[C@H](CCCCN)NC(=O)[C@H](Cc1ccccc1)NC(=O)[C@H](CO)NC(=O)[C@@H](NC(=O)[C@H](Cc1cnc[nH]1)NC(=O)[C@H](Cc1c[nH]c2ccccc12)NC(=O)[C@H](C)NC(=O)[C@H](Cc1ccc(O)cc1)NC(=O)[C@@H](NC(=O)[C@H](CC(C)C)N[C@H](NC(=O)[C@H](NC(=O)[C@@H](Cc1ccccc1)NC(=O)[C@@H](Cc1c[nH]c2ccccc12)NC(=O)[C@H](N)C(C)C)C(C)C)C(C)C)[C@@H](C)O)[C@@H](C)O)C(=O)O. The summed E-state index contributed by atoms with van der Waals surface area (Å²) in [6, 6.07) is 13.3. The monoisotopic (exact) mass is 2040 g/mol. The van der Waals surface area contributed by atoms with Crippen LogP contribution < -0.4 is 96.5 Å². The molecule has 0 unspecified atom stereocenters. The minimum Gasteiger partial charge on any atom is -0.508 e. The van der Waals surface area contributed by atoms with E-state index in [1.807, 2.05) is 38.1 Å². The molecule has 5 aromatic carbocycles. The van der Waals surface area contributed by atoms with Gasteiger partial charge >= 0.3 is 5.97 Å². The van der Waals surface area contributed by atoms with Crippen LogP contribution in [-0.4, -0.2) is 268 Å². The average molecular weight is 2040 g/mol. The number of nitrogens with one attached hydrogen (secondary N) is 19. The Morgan fingerprint density at radius 3 is 1.13 bits per heavy atom. The largest absolute Gasteiger partial charge is 0.508 e. The van der Waals surface area contributed by atoms with Crippen molar-refractivity contribution in [3.05, 3.63) is 192 Å². The van der Waals surface area contributed by atoms with E-state index in [4.69, 9.17) is 11.5 Å². The maximum atomic E-state index is 15.3. The number of carbonyl (C=O) groups is 16. The molecule has 0 radical (unpaired) electrons. The molecule has 28 N–H and O–H groups in total. The van der Waals surface area contributed by atoms with Crippen molar-refractivity contribution in [2.45, 2.75) is 283 Å². The quantitative estimate of drug-likeness (QED) is 0.0181. The molecule has 0 fully saturated rings. The van der Waals surface area contributed by atoms with Gasteiger partial charge in [0.25, 0.3) is 0 Å². The Labute approximate surface area is 853 Å². The molecule has 0 aliphatic heterocycles. The van der Waals surface area contributed by atoms with Gasteiger partial charge < -0.3 is 132 Å². The number of aliphatic carboxylic acids is 1. The number of phenols is 1. The van der Waals surface area contributed by atoms with E-state index in [0.29, 0.717) is 51.6 Å². The predicted molar refractivity (Wildman–Crippen MR) is 548 cm³/mol. The Kier molecular flexibility index (Phi) is 46.0. The molecular formula is C104H146N22O21. The first kappa shape index (κ1) is 118. The fourth-order valence-electron chi connectivity index (χ4n) is 16.4. The fourth-order valence-corrected chi connectivity index (χ4v) is 16.4. The van der Waals surface area contributed by atoms with Crippen molar-refractivity contribution in [2.24, 2.45) is 41.1 Å². The third kappa shape index (κ3) is 36.6. The van der Waals surface area contributed by atoms with E-state index in [0.717, 1.165) is 17.8 Å². The second-order valence-corrected chi connectivity index (χ2v) is 39.1. The van der Waals surface area contributed by atoms with Crippen LogP contribution in [0.15, 0.2) is 158 Å². The second-order valence-electron chi connectivity index (χ2n) is 39.1. The number of nitrogens with two attached hydrogens (primary N) is 2. The van der Waals surface area contributed by atoms with E-state index in [-0.39, 0.29) is 87.1 Å². The Morgan fingerprint density at radius 1 is 0.347 bits per heavy atom. The number of H-pyrrole nitrogens is 3. The summed E-state index contributed by atoms with van der Waals surface area (Å²) in [7, 11) is 0. The van der Waals surface area contributed by atoms with Gasteiger partial charge in [0.05, 0.1) is 43.4 Å². The summed E-state index contributed by atoms with van der Waals surface area (Å²) in [6.45, 7) is 21.6. The molecule has 8 rings (SSSR count). The zero-order valence-electron chi connectivity index (χ0n) is 85.4. The number of benzene rings is 5. The van der Waals surface area contributed by atoms with Gasteiger partial charge in [0.15, 0.2) is 0 Å².